The first kappa shape index (κ1) is 17.3. The summed E-state index contributed by atoms with van der Waals surface area (Å²) in [5, 5.41) is 0. The molecule has 0 aliphatic rings. The highest BCUT2D eigenvalue weighted by atomic mass is 35.5. The molecule has 0 N–H and O–H groups in total. The van der Waals surface area contributed by atoms with E-state index in [0.717, 1.165) is 30.2 Å². The van der Waals surface area contributed by atoms with Gasteiger partial charge in [0.1, 0.15) is 5.82 Å². The number of hydrogen-bond donors (Lipinski definition) is 0. The van der Waals surface area contributed by atoms with Crippen molar-refractivity contribution in [3.8, 4) is 0 Å². The van der Waals surface area contributed by atoms with Crippen LogP contribution in [0.4, 0.5) is 0 Å². The highest BCUT2D eigenvalue weighted by molar-refractivity contribution is 7.99. The van der Waals surface area contributed by atoms with Gasteiger partial charge in [-0.2, -0.15) is 0 Å². The predicted molar refractivity (Wildman–Crippen MR) is 88.1 cm³/mol. The maximum atomic E-state index is 5.87. The van der Waals surface area contributed by atoms with Gasteiger partial charge in [-0.05, 0) is 37.7 Å². The molecule has 20 heavy (non-hydrogen) atoms. The van der Waals surface area contributed by atoms with Crippen LogP contribution in [0.1, 0.15) is 23.5 Å². The SMILES string of the molecule is Cc1c(SCCCn2ccnc2C)ccnc1CCl.Cl. The van der Waals surface area contributed by atoms with E-state index in [1.165, 1.54) is 10.5 Å². The zero-order valence-corrected chi connectivity index (χ0v) is 14.1. The number of imidazole rings is 1. The van der Waals surface area contributed by atoms with Crippen LogP contribution in [0.15, 0.2) is 29.6 Å². The zero-order valence-electron chi connectivity index (χ0n) is 11.7. The molecule has 3 nitrogen and oxygen atoms in total. The average molecular weight is 332 g/mol. The zero-order chi connectivity index (χ0) is 13.7. The molecule has 0 radical (unpaired) electrons. The molecule has 110 valence electrons. The topological polar surface area (TPSA) is 30.7 Å². The van der Waals surface area contributed by atoms with Crippen LogP contribution in [0, 0.1) is 13.8 Å². The molecule has 0 atom stereocenters. The summed E-state index contributed by atoms with van der Waals surface area (Å²) in [5.74, 6) is 2.65. The van der Waals surface area contributed by atoms with Crippen molar-refractivity contribution in [2.75, 3.05) is 5.75 Å². The van der Waals surface area contributed by atoms with Crippen LogP contribution in [-0.2, 0) is 12.4 Å². The first-order valence-corrected chi connectivity index (χ1v) is 7.85. The summed E-state index contributed by atoms with van der Waals surface area (Å²) < 4.78 is 2.18. The molecule has 0 spiro atoms. The van der Waals surface area contributed by atoms with Crippen molar-refractivity contribution in [1.29, 1.82) is 0 Å². The second-order valence-electron chi connectivity index (χ2n) is 4.38. The molecule has 2 rings (SSSR count). The fourth-order valence-corrected chi connectivity index (χ4v) is 3.16. The molecule has 6 heteroatoms. The highest BCUT2D eigenvalue weighted by Gasteiger charge is 2.05. The largest absolute Gasteiger partial charge is 0.335 e. The van der Waals surface area contributed by atoms with Gasteiger partial charge in [-0.3, -0.25) is 4.98 Å². The summed E-state index contributed by atoms with van der Waals surface area (Å²) in [5.41, 5.74) is 2.19. The minimum Gasteiger partial charge on any atom is -0.335 e. The molecule has 0 bridgehead atoms. The van der Waals surface area contributed by atoms with E-state index in [9.17, 15) is 0 Å². The molecular weight excluding hydrogens is 313 g/mol. The molecule has 0 amide bonds. The Bertz CT molecular complexity index is 543. The number of thioether (sulfide) groups is 1. The van der Waals surface area contributed by atoms with Gasteiger partial charge in [0.2, 0.25) is 0 Å². The number of nitrogens with zero attached hydrogens (tertiary/aromatic N) is 3. The lowest BCUT2D eigenvalue weighted by molar-refractivity contribution is 0.662. The Labute approximate surface area is 135 Å². The van der Waals surface area contributed by atoms with Gasteiger partial charge in [-0.1, -0.05) is 0 Å². The third-order valence-corrected chi connectivity index (χ3v) is 4.61. The Kier molecular flexibility index (Phi) is 7.41. The Hall–Kier alpha value is -0.710. The quantitative estimate of drug-likeness (QED) is 0.450. The fourth-order valence-electron chi connectivity index (χ4n) is 1.91. The van der Waals surface area contributed by atoms with Crippen LogP contribution < -0.4 is 0 Å². The van der Waals surface area contributed by atoms with Crippen molar-refractivity contribution in [3.63, 3.8) is 0 Å². The Morgan fingerprint density at radius 2 is 2.05 bits per heavy atom. The second-order valence-corrected chi connectivity index (χ2v) is 5.79. The molecule has 2 heterocycles. The molecule has 0 aliphatic heterocycles. The van der Waals surface area contributed by atoms with Gasteiger partial charge < -0.3 is 4.57 Å². The lowest BCUT2D eigenvalue weighted by Gasteiger charge is -2.09. The number of hydrogen-bond acceptors (Lipinski definition) is 3. The van der Waals surface area contributed by atoms with Gasteiger partial charge in [0, 0.05) is 30.0 Å². The van der Waals surface area contributed by atoms with Crippen molar-refractivity contribution in [1.82, 2.24) is 14.5 Å². The van der Waals surface area contributed by atoms with Crippen molar-refractivity contribution < 1.29 is 0 Å². The van der Waals surface area contributed by atoms with Crippen LogP contribution in [0.2, 0.25) is 0 Å². The van der Waals surface area contributed by atoms with Crippen LogP contribution in [0.5, 0.6) is 0 Å². The molecule has 0 aliphatic carbocycles. The number of aromatic nitrogens is 3. The first-order chi connectivity index (χ1) is 9.22. The minimum absolute atomic E-state index is 0. The lowest BCUT2D eigenvalue weighted by Crippen LogP contribution is -2.00. The third-order valence-electron chi connectivity index (χ3n) is 3.11. The predicted octanol–water partition coefficient (Wildman–Crippen LogP) is 4.24. The van der Waals surface area contributed by atoms with E-state index in [2.05, 4.69) is 27.5 Å². The van der Waals surface area contributed by atoms with Gasteiger partial charge in [-0.15, -0.1) is 35.8 Å². The Morgan fingerprint density at radius 3 is 2.70 bits per heavy atom. The smallest absolute Gasteiger partial charge is 0.105 e. The van der Waals surface area contributed by atoms with E-state index in [-0.39, 0.29) is 12.4 Å². The van der Waals surface area contributed by atoms with Crippen molar-refractivity contribution in [3.05, 3.63) is 41.7 Å². The van der Waals surface area contributed by atoms with Crippen LogP contribution >= 0.6 is 35.8 Å². The van der Waals surface area contributed by atoms with E-state index in [4.69, 9.17) is 11.6 Å². The van der Waals surface area contributed by atoms with E-state index in [1.807, 2.05) is 37.3 Å². The summed E-state index contributed by atoms with van der Waals surface area (Å²) in [6.45, 7) is 5.14. The van der Waals surface area contributed by atoms with Gasteiger partial charge in [-0.25, -0.2) is 4.98 Å². The van der Waals surface area contributed by atoms with Crippen LogP contribution in [0.25, 0.3) is 0 Å². The molecular formula is C14H19Cl2N3S. The maximum absolute atomic E-state index is 5.87. The molecule has 0 saturated carbocycles. The van der Waals surface area contributed by atoms with E-state index in [0.29, 0.717) is 5.88 Å². The molecule has 0 unspecified atom stereocenters. The minimum atomic E-state index is 0. The number of pyridine rings is 1. The number of rotatable bonds is 6. The summed E-state index contributed by atoms with van der Waals surface area (Å²) in [6, 6.07) is 2.07. The monoisotopic (exact) mass is 331 g/mol. The summed E-state index contributed by atoms with van der Waals surface area (Å²) in [4.78, 5) is 9.79. The Morgan fingerprint density at radius 1 is 1.25 bits per heavy atom. The summed E-state index contributed by atoms with van der Waals surface area (Å²) in [6.07, 6.45) is 6.85. The summed E-state index contributed by atoms with van der Waals surface area (Å²) >= 11 is 7.74. The van der Waals surface area contributed by atoms with Gasteiger partial charge >= 0.3 is 0 Å². The van der Waals surface area contributed by atoms with Crippen LogP contribution in [-0.4, -0.2) is 20.3 Å². The Balaban J connectivity index is 0.00000200. The van der Waals surface area contributed by atoms with Crippen molar-refractivity contribution >= 4 is 35.8 Å². The number of halogens is 2. The van der Waals surface area contributed by atoms with Crippen LogP contribution in [0.3, 0.4) is 0 Å². The molecule has 0 fully saturated rings. The second kappa shape index (κ2) is 8.55. The number of alkyl halides is 1. The van der Waals surface area contributed by atoms with E-state index in [1.54, 1.807) is 0 Å². The number of aryl methyl sites for hydroxylation is 2. The summed E-state index contributed by atoms with van der Waals surface area (Å²) in [7, 11) is 0. The molecule has 2 aromatic heterocycles. The maximum Gasteiger partial charge on any atom is 0.105 e. The molecule has 0 saturated heterocycles. The third kappa shape index (κ3) is 4.40. The van der Waals surface area contributed by atoms with E-state index >= 15 is 0 Å². The van der Waals surface area contributed by atoms with E-state index < -0.39 is 0 Å². The van der Waals surface area contributed by atoms with Gasteiger partial charge in [0.25, 0.3) is 0 Å². The van der Waals surface area contributed by atoms with Crippen molar-refractivity contribution in [2.45, 2.75) is 37.6 Å². The normalized spacial score (nSPS) is 10.3. The highest BCUT2D eigenvalue weighted by Crippen LogP contribution is 2.25. The standard InChI is InChI=1S/C14H18ClN3S.ClH/c1-11-13(10-15)17-5-4-14(11)19-9-3-7-18-8-6-16-12(18)2;/h4-6,8H,3,7,9-10H2,1-2H3;1H. The first-order valence-electron chi connectivity index (χ1n) is 6.33. The lowest BCUT2D eigenvalue weighted by atomic mass is 10.2. The fraction of sp³-hybridized carbons (Fsp3) is 0.429. The molecule has 0 aromatic carbocycles. The van der Waals surface area contributed by atoms with Gasteiger partial charge in [0.05, 0.1) is 11.6 Å². The van der Waals surface area contributed by atoms with Crippen molar-refractivity contribution in [2.24, 2.45) is 0 Å². The van der Waals surface area contributed by atoms with Gasteiger partial charge in [0.15, 0.2) is 0 Å². The molecule has 2 aromatic rings. The average Bonchev–Trinajstić information content (AvgIpc) is 2.82.